The van der Waals surface area contributed by atoms with Crippen molar-refractivity contribution in [2.45, 2.75) is 25.0 Å². The fourth-order valence-corrected chi connectivity index (χ4v) is 2.64. The third kappa shape index (κ3) is 1.80. The summed E-state index contributed by atoms with van der Waals surface area (Å²) in [6.45, 7) is 0.768. The summed E-state index contributed by atoms with van der Waals surface area (Å²) in [5.41, 5.74) is 1.78. The average molecular weight is 248 g/mol. The van der Waals surface area contributed by atoms with E-state index in [0.29, 0.717) is 5.75 Å². The zero-order chi connectivity index (χ0) is 12.5. The summed E-state index contributed by atoms with van der Waals surface area (Å²) in [6, 6.07) is 5.48. The molecule has 0 spiro atoms. The predicted molar refractivity (Wildman–Crippen MR) is 66.9 cm³/mol. The van der Waals surface area contributed by atoms with Crippen LogP contribution >= 0.6 is 0 Å². The second-order valence-corrected chi connectivity index (χ2v) is 4.55. The molecule has 2 unspecified atom stereocenters. The van der Waals surface area contributed by atoms with Crippen molar-refractivity contribution in [3.63, 3.8) is 0 Å². The maximum Gasteiger partial charge on any atom is 0.319 e. The SMILES string of the molecule is COc1cccc2c1NC(=O)NC2C1CCCO1. The molecule has 96 valence electrons. The van der Waals surface area contributed by atoms with E-state index < -0.39 is 0 Å². The first-order chi connectivity index (χ1) is 8.79. The van der Waals surface area contributed by atoms with E-state index in [4.69, 9.17) is 9.47 Å². The van der Waals surface area contributed by atoms with Crippen molar-refractivity contribution in [1.29, 1.82) is 0 Å². The monoisotopic (exact) mass is 248 g/mol. The molecule has 2 atom stereocenters. The number of hydrogen-bond donors (Lipinski definition) is 2. The molecule has 1 saturated heterocycles. The fraction of sp³-hybridized carbons (Fsp3) is 0.462. The zero-order valence-corrected chi connectivity index (χ0v) is 10.2. The highest BCUT2D eigenvalue weighted by molar-refractivity contribution is 5.95. The fourth-order valence-electron chi connectivity index (χ4n) is 2.64. The number of para-hydroxylation sites is 1. The Morgan fingerprint density at radius 3 is 3.06 bits per heavy atom. The number of carbonyl (C=O) groups excluding carboxylic acids is 1. The first-order valence-corrected chi connectivity index (χ1v) is 6.15. The number of ether oxygens (including phenoxy) is 2. The first-order valence-electron chi connectivity index (χ1n) is 6.15. The van der Waals surface area contributed by atoms with Crippen LogP contribution in [0.2, 0.25) is 0 Å². The Hall–Kier alpha value is -1.75. The number of fused-ring (bicyclic) bond motifs is 1. The number of methoxy groups -OCH3 is 1. The molecule has 0 aliphatic carbocycles. The number of urea groups is 1. The maximum absolute atomic E-state index is 11.7. The molecule has 18 heavy (non-hydrogen) atoms. The zero-order valence-electron chi connectivity index (χ0n) is 10.2. The van der Waals surface area contributed by atoms with Crippen molar-refractivity contribution in [2.24, 2.45) is 0 Å². The van der Waals surface area contributed by atoms with Gasteiger partial charge in [0, 0.05) is 12.2 Å². The van der Waals surface area contributed by atoms with Gasteiger partial charge in [0.2, 0.25) is 0 Å². The minimum atomic E-state index is -0.201. The molecule has 1 aromatic rings. The van der Waals surface area contributed by atoms with Gasteiger partial charge in [-0.15, -0.1) is 0 Å². The van der Waals surface area contributed by atoms with Crippen LogP contribution in [0.15, 0.2) is 18.2 Å². The largest absolute Gasteiger partial charge is 0.495 e. The third-order valence-electron chi connectivity index (χ3n) is 3.48. The lowest BCUT2D eigenvalue weighted by Gasteiger charge is -2.31. The van der Waals surface area contributed by atoms with E-state index in [1.165, 1.54) is 0 Å². The number of benzene rings is 1. The van der Waals surface area contributed by atoms with E-state index in [9.17, 15) is 4.79 Å². The van der Waals surface area contributed by atoms with Crippen LogP contribution in [0, 0.1) is 0 Å². The van der Waals surface area contributed by atoms with Gasteiger partial charge in [0.25, 0.3) is 0 Å². The lowest BCUT2D eigenvalue weighted by molar-refractivity contribution is 0.0808. The van der Waals surface area contributed by atoms with Gasteiger partial charge in [0.05, 0.1) is 24.9 Å². The number of rotatable bonds is 2. The molecule has 5 heteroatoms. The van der Waals surface area contributed by atoms with Gasteiger partial charge in [-0.1, -0.05) is 12.1 Å². The summed E-state index contributed by atoms with van der Waals surface area (Å²) in [5, 5.41) is 5.74. The lowest BCUT2D eigenvalue weighted by atomic mass is 9.96. The Kier molecular flexibility index (Phi) is 2.83. The Morgan fingerprint density at radius 2 is 2.33 bits per heavy atom. The molecular weight excluding hydrogens is 232 g/mol. The third-order valence-corrected chi connectivity index (χ3v) is 3.48. The van der Waals surface area contributed by atoms with Gasteiger partial charge in [-0.2, -0.15) is 0 Å². The van der Waals surface area contributed by atoms with Crippen LogP contribution < -0.4 is 15.4 Å². The highest BCUT2D eigenvalue weighted by Crippen LogP contribution is 2.38. The standard InChI is InChI=1S/C13H16N2O3/c1-17-9-5-2-4-8-11(9)14-13(16)15-12(8)10-6-3-7-18-10/h2,4-5,10,12H,3,6-7H2,1H3,(H2,14,15,16). The van der Waals surface area contributed by atoms with E-state index in [0.717, 1.165) is 30.7 Å². The van der Waals surface area contributed by atoms with Crippen LogP contribution in [-0.4, -0.2) is 25.9 Å². The van der Waals surface area contributed by atoms with Gasteiger partial charge in [-0.05, 0) is 18.9 Å². The number of anilines is 1. The topological polar surface area (TPSA) is 59.6 Å². The van der Waals surface area contributed by atoms with Gasteiger partial charge in [-0.3, -0.25) is 0 Å². The summed E-state index contributed by atoms with van der Waals surface area (Å²) >= 11 is 0. The molecule has 0 radical (unpaired) electrons. The predicted octanol–water partition coefficient (Wildman–Crippen LogP) is 2.05. The minimum Gasteiger partial charge on any atom is -0.495 e. The van der Waals surface area contributed by atoms with Crippen LogP contribution in [0.1, 0.15) is 24.4 Å². The smallest absolute Gasteiger partial charge is 0.319 e. The van der Waals surface area contributed by atoms with Crippen LogP contribution in [0.5, 0.6) is 5.75 Å². The van der Waals surface area contributed by atoms with Crippen LogP contribution in [0.3, 0.4) is 0 Å². The molecule has 2 aliphatic heterocycles. The van der Waals surface area contributed by atoms with Crippen molar-refractivity contribution < 1.29 is 14.3 Å². The van der Waals surface area contributed by atoms with E-state index in [2.05, 4.69) is 10.6 Å². The molecule has 5 nitrogen and oxygen atoms in total. The van der Waals surface area contributed by atoms with Crippen molar-refractivity contribution in [3.05, 3.63) is 23.8 Å². The molecule has 1 aromatic carbocycles. The normalized spacial score (nSPS) is 26.2. The number of carbonyl (C=O) groups is 1. The van der Waals surface area contributed by atoms with Crippen molar-refractivity contribution >= 4 is 11.7 Å². The van der Waals surface area contributed by atoms with E-state index in [1.54, 1.807) is 7.11 Å². The number of nitrogens with one attached hydrogen (secondary N) is 2. The summed E-state index contributed by atoms with van der Waals surface area (Å²) in [6.07, 6.45) is 2.08. The number of amides is 2. The van der Waals surface area contributed by atoms with Gasteiger partial charge in [0.1, 0.15) is 5.75 Å². The van der Waals surface area contributed by atoms with Gasteiger partial charge >= 0.3 is 6.03 Å². The second kappa shape index (κ2) is 4.49. The highest BCUT2D eigenvalue weighted by Gasteiger charge is 2.34. The lowest BCUT2D eigenvalue weighted by Crippen LogP contribution is -2.43. The van der Waals surface area contributed by atoms with Crippen molar-refractivity contribution in [3.8, 4) is 5.75 Å². The second-order valence-electron chi connectivity index (χ2n) is 4.55. The summed E-state index contributed by atoms with van der Waals surface area (Å²) in [4.78, 5) is 11.7. The van der Waals surface area contributed by atoms with Gasteiger partial charge in [0.15, 0.2) is 0 Å². The first kappa shape index (κ1) is 11.3. The van der Waals surface area contributed by atoms with E-state index >= 15 is 0 Å². The average Bonchev–Trinajstić information content (AvgIpc) is 2.90. The molecular formula is C13H16N2O3. The highest BCUT2D eigenvalue weighted by atomic mass is 16.5. The van der Waals surface area contributed by atoms with Gasteiger partial charge in [-0.25, -0.2) is 4.79 Å². The van der Waals surface area contributed by atoms with Crippen molar-refractivity contribution in [1.82, 2.24) is 5.32 Å². The van der Waals surface area contributed by atoms with Gasteiger partial charge < -0.3 is 20.1 Å². The van der Waals surface area contributed by atoms with Crippen LogP contribution in [0.25, 0.3) is 0 Å². The molecule has 2 amide bonds. The Balaban J connectivity index is 2.01. The Morgan fingerprint density at radius 1 is 1.44 bits per heavy atom. The molecule has 0 aromatic heterocycles. The molecule has 0 bridgehead atoms. The van der Waals surface area contributed by atoms with Crippen molar-refractivity contribution in [2.75, 3.05) is 19.0 Å². The summed E-state index contributed by atoms with van der Waals surface area (Å²) in [5.74, 6) is 0.686. The van der Waals surface area contributed by atoms with Crippen LogP contribution in [0.4, 0.5) is 10.5 Å². The number of hydrogen-bond acceptors (Lipinski definition) is 3. The Bertz CT molecular complexity index is 469. The Labute approximate surface area is 105 Å². The molecule has 3 rings (SSSR count). The molecule has 1 fully saturated rings. The molecule has 2 aliphatic rings. The minimum absolute atomic E-state index is 0.0573. The molecule has 2 heterocycles. The summed E-state index contributed by atoms with van der Waals surface area (Å²) < 4.78 is 11.0. The molecule has 0 saturated carbocycles. The molecule has 2 N–H and O–H groups in total. The van der Waals surface area contributed by atoms with E-state index in [1.807, 2.05) is 18.2 Å². The van der Waals surface area contributed by atoms with E-state index in [-0.39, 0.29) is 18.2 Å². The van der Waals surface area contributed by atoms with Crippen LogP contribution in [-0.2, 0) is 4.74 Å². The maximum atomic E-state index is 11.7. The summed E-state index contributed by atoms with van der Waals surface area (Å²) in [7, 11) is 1.60. The quantitative estimate of drug-likeness (QED) is 0.842.